The van der Waals surface area contributed by atoms with E-state index in [-0.39, 0.29) is 4.88 Å². The molecule has 2 heterocycles. The minimum atomic E-state index is -0.863. The van der Waals surface area contributed by atoms with Gasteiger partial charge in [0.05, 0.1) is 28.5 Å². The van der Waals surface area contributed by atoms with E-state index in [4.69, 9.17) is 9.47 Å². The number of benzene rings is 1. The first-order valence-corrected chi connectivity index (χ1v) is 6.80. The Bertz CT molecular complexity index is 627. The van der Waals surface area contributed by atoms with E-state index in [1.807, 2.05) is 0 Å². The minimum absolute atomic E-state index is 0.253. The van der Waals surface area contributed by atoms with Crippen LogP contribution in [-0.4, -0.2) is 19.0 Å². The largest absolute Gasteiger partial charge is 0.345 e. The molecular formula is C14H10F2O3S. The third-order valence-electron chi connectivity index (χ3n) is 2.89. The van der Waals surface area contributed by atoms with Gasteiger partial charge in [-0.15, -0.1) is 11.3 Å². The first-order valence-electron chi connectivity index (χ1n) is 5.98. The topological polar surface area (TPSA) is 35.5 Å². The van der Waals surface area contributed by atoms with E-state index in [2.05, 4.69) is 0 Å². The second-order valence-electron chi connectivity index (χ2n) is 4.20. The summed E-state index contributed by atoms with van der Waals surface area (Å²) in [5.41, 5.74) is -0.533. The highest BCUT2D eigenvalue weighted by molar-refractivity contribution is 7.14. The Morgan fingerprint density at radius 3 is 2.40 bits per heavy atom. The van der Waals surface area contributed by atoms with Gasteiger partial charge >= 0.3 is 0 Å². The van der Waals surface area contributed by atoms with Crippen molar-refractivity contribution in [2.75, 3.05) is 13.2 Å². The van der Waals surface area contributed by atoms with Crippen LogP contribution >= 0.6 is 11.3 Å². The molecule has 0 aliphatic carbocycles. The van der Waals surface area contributed by atoms with Crippen molar-refractivity contribution >= 4 is 17.1 Å². The Hall–Kier alpha value is -1.63. The lowest BCUT2D eigenvalue weighted by Crippen LogP contribution is -2.05. The zero-order chi connectivity index (χ0) is 14.1. The second kappa shape index (κ2) is 5.40. The van der Waals surface area contributed by atoms with Gasteiger partial charge in [0, 0.05) is 0 Å². The van der Waals surface area contributed by atoms with Gasteiger partial charge in [0.2, 0.25) is 5.78 Å². The molecule has 3 nitrogen and oxygen atoms in total. The highest BCUT2D eigenvalue weighted by Gasteiger charge is 2.24. The van der Waals surface area contributed by atoms with Crippen molar-refractivity contribution in [2.24, 2.45) is 0 Å². The molecule has 1 aliphatic heterocycles. The Balaban J connectivity index is 1.91. The molecule has 0 unspecified atom stereocenters. The average Bonchev–Trinajstić information content (AvgIpc) is 3.09. The number of hydrogen-bond acceptors (Lipinski definition) is 4. The van der Waals surface area contributed by atoms with Crippen LogP contribution in [0.1, 0.15) is 26.4 Å². The van der Waals surface area contributed by atoms with E-state index in [1.165, 1.54) is 12.1 Å². The SMILES string of the molecule is O=C(c1ccc(C2OCCO2)s1)c1c(F)cccc1F. The summed E-state index contributed by atoms with van der Waals surface area (Å²) in [6.45, 7) is 0.988. The highest BCUT2D eigenvalue weighted by atomic mass is 32.1. The summed E-state index contributed by atoms with van der Waals surface area (Å²) >= 11 is 1.12. The van der Waals surface area contributed by atoms with E-state index >= 15 is 0 Å². The number of hydrogen-bond donors (Lipinski definition) is 0. The fourth-order valence-corrected chi connectivity index (χ4v) is 2.92. The smallest absolute Gasteiger partial charge is 0.208 e. The van der Waals surface area contributed by atoms with Gasteiger partial charge in [-0.2, -0.15) is 0 Å². The van der Waals surface area contributed by atoms with Crippen LogP contribution in [-0.2, 0) is 9.47 Å². The third kappa shape index (κ3) is 2.37. The van der Waals surface area contributed by atoms with Gasteiger partial charge in [-0.05, 0) is 24.3 Å². The van der Waals surface area contributed by atoms with Crippen molar-refractivity contribution in [3.05, 3.63) is 57.3 Å². The van der Waals surface area contributed by atoms with Crippen LogP contribution in [0.15, 0.2) is 30.3 Å². The van der Waals surface area contributed by atoms with Crippen LogP contribution in [0.2, 0.25) is 0 Å². The molecule has 2 aromatic rings. The van der Waals surface area contributed by atoms with Crippen molar-refractivity contribution in [3.8, 4) is 0 Å². The summed E-state index contributed by atoms with van der Waals surface area (Å²) in [7, 11) is 0. The maximum atomic E-state index is 13.6. The molecule has 104 valence electrons. The molecule has 0 radical (unpaired) electrons. The van der Waals surface area contributed by atoms with Gasteiger partial charge in [-0.1, -0.05) is 6.07 Å². The molecule has 0 atom stereocenters. The molecule has 1 fully saturated rings. The first kappa shape index (κ1) is 13.4. The Labute approximate surface area is 117 Å². The van der Waals surface area contributed by atoms with Crippen molar-refractivity contribution in [1.29, 1.82) is 0 Å². The van der Waals surface area contributed by atoms with Crippen molar-refractivity contribution in [2.45, 2.75) is 6.29 Å². The average molecular weight is 296 g/mol. The number of rotatable bonds is 3. The van der Waals surface area contributed by atoms with Gasteiger partial charge in [-0.25, -0.2) is 8.78 Å². The first-order chi connectivity index (χ1) is 9.66. The Kier molecular flexibility index (Phi) is 3.60. The van der Waals surface area contributed by atoms with Crippen LogP contribution < -0.4 is 0 Å². The molecule has 1 aromatic heterocycles. The lowest BCUT2D eigenvalue weighted by atomic mass is 10.1. The van der Waals surface area contributed by atoms with Crippen LogP contribution in [0.4, 0.5) is 8.78 Å². The van der Waals surface area contributed by atoms with Crippen molar-refractivity contribution in [3.63, 3.8) is 0 Å². The minimum Gasteiger partial charge on any atom is -0.345 e. The van der Waals surface area contributed by atoms with E-state index in [9.17, 15) is 13.6 Å². The zero-order valence-electron chi connectivity index (χ0n) is 10.3. The van der Waals surface area contributed by atoms with Crippen LogP contribution in [0.3, 0.4) is 0 Å². The molecule has 1 aliphatic rings. The Morgan fingerprint density at radius 1 is 1.10 bits per heavy atom. The summed E-state index contributed by atoms with van der Waals surface area (Å²) < 4.78 is 37.8. The molecule has 0 spiro atoms. The lowest BCUT2D eigenvalue weighted by Gasteiger charge is -2.05. The molecule has 1 saturated heterocycles. The summed E-state index contributed by atoms with van der Waals surface area (Å²) in [6.07, 6.45) is -0.494. The number of carbonyl (C=O) groups is 1. The summed E-state index contributed by atoms with van der Waals surface area (Å²) in [6, 6.07) is 6.55. The highest BCUT2D eigenvalue weighted by Crippen LogP contribution is 2.31. The standard InChI is InChI=1S/C14H10F2O3S/c15-8-2-1-3-9(16)12(8)13(17)10-4-5-11(20-10)14-18-6-7-19-14/h1-5,14H,6-7H2. The quantitative estimate of drug-likeness (QED) is 0.815. The van der Waals surface area contributed by atoms with Crippen molar-refractivity contribution in [1.82, 2.24) is 0 Å². The maximum absolute atomic E-state index is 13.6. The summed E-state index contributed by atoms with van der Waals surface area (Å²) in [5.74, 6) is -2.40. The lowest BCUT2D eigenvalue weighted by molar-refractivity contribution is -0.0413. The number of halogens is 2. The molecule has 0 amide bonds. The van der Waals surface area contributed by atoms with E-state index in [0.717, 1.165) is 23.5 Å². The fourth-order valence-electron chi connectivity index (χ4n) is 1.96. The van der Waals surface area contributed by atoms with Crippen molar-refractivity contribution < 1.29 is 23.0 Å². The van der Waals surface area contributed by atoms with Gasteiger partial charge in [0.15, 0.2) is 6.29 Å². The molecule has 20 heavy (non-hydrogen) atoms. The number of ketones is 1. The van der Waals surface area contributed by atoms with Gasteiger partial charge < -0.3 is 9.47 Å². The fraction of sp³-hybridized carbons (Fsp3) is 0.214. The van der Waals surface area contributed by atoms with E-state index in [0.29, 0.717) is 18.1 Å². The predicted octanol–water partition coefficient (Wildman–Crippen LogP) is 3.30. The zero-order valence-corrected chi connectivity index (χ0v) is 11.1. The third-order valence-corrected chi connectivity index (χ3v) is 4.00. The van der Waals surface area contributed by atoms with Crippen LogP contribution in [0.5, 0.6) is 0 Å². The summed E-state index contributed by atoms with van der Waals surface area (Å²) in [5, 5.41) is 0. The normalized spacial score (nSPS) is 15.7. The predicted molar refractivity (Wildman–Crippen MR) is 68.8 cm³/mol. The number of thiophene rings is 1. The molecule has 0 saturated carbocycles. The number of carbonyl (C=O) groups excluding carboxylic acids is 1. The van der Waals surface area contributed by atoms with Crippen LogP contribution in [0.25, 0.3) is 0 Å². The molecule has 6 heteroatoms. The maximum Gasteiger partial charge on any atom is 0.208 e. The molecular weight excluding hydrogens is 286 g/mol. The Morgan fingerprint density at radius 2 is 1.75 bits per heavy atom. The van der Waals surface area contributed by atoms with Gasteiger partial charge in [0.25, 0.3) is 0 Å². The van der Waals surface area contributed by atoms with Gasteiger partial charge in [-0.3, -0.25) is 4.79 Å². The second-order valence-corrected chi connectivity index (χ2v) is 5.32. The van der Waals surface area contributed by atoms with Gasteiger partial charge in [0.1, 0.15) is 11.6 Å². The molecule has 0 bridgehead atoms. The van der Waals surface area contributed by atoms with Crippen LogP contribution in [0, 0.1) is 11.6 Å². The molecule has 1 aromatic carbocycles. The van der Waals surface area contributed by atoms with E-state index in [1.54, 1.807) is 6.07 Å². The summed E-state index contributed by atoms with van der Waals surface area (Å²) in [4.78, 5) is 13.1. The monoisotopic (exact) mass is 296 g/mol. The molecule has 3 rings (SSSR count). The number of ether oxygens (including phenoxy) is 2. The molecule has 0 N–H and O–H groups in total. The van der Waals surface area contributed by atoms with E-state index < -0.39 is 29.3 Å².